The monoisotopic (exact) mass is 319 g/mol. The van der Waals surface area contributed by atoms with Crippen LogP contribution in [0.5, 0.6) is 0 Å². The molecule has 0 saturated carbocycles. The Morgan fingerprint density at radius 1 is 1.32 bits per heavy atom. The summed E-state index contributed by atoms with van der Waals surface area (Å²) in [5.74, 6) is -1.93. The van der Waals surface area contributed by atoms with Gasteiger partial charge in [0.15, 0.2) is 0 Å². The van der Waals surface area contributed by atoms with Gasteiger partial charge in [-0.25, -0.2) is 0 Å². The van der Waals surface area contributed by atoms with Crippen molar-refractivity contribution in [2.24, 2.45) is 0 Å². The predicted octanol–water partition coefficient (Wildman–Crippen LogP) is 3.97. The fourth-order valence-corrected chi connectivity index (χ4v) is 2.44. The highest BCUT2D eigenvalue weighted by atomic mass is 35.5. The Balaban J connectivity index is 2.40. The predicted molar refractivity (Wildman–Crippen MR) is 83.4 cm³/mol. The zero-order valence-electron chi connectivity index (χ0n) is 11.8. The first-order chi connectivity index (χ1) is 10.4. The van der Waals surface area contributed by atoms with E-state index >= 15 is 0 Å². The van der Waals surface area contributed by atoms with Gasteiger partial charge >= 0.3 is 5.97 Å². The first-order valence-electron chi connectivity index (χ1n) is 6.61. The molecule has 6 heteroatoms. The molecule has 0 aliphatic carbocycles. The second kappa shape index (κ2) is 6.58. The third-order valence-electron chi connectivity index (χ3n) is 3.51. The largest absolute Gasteiger partial charge is 0.481 e. The Hall–Kier alpha value is -2.40. The molecule has 1 atom stereocenters. The van der Waals surface area contributed by atoms with Gasteiger partial charge in [0.2, 0.25) is 0 Å². The molecule has 114 valence electrons. The number of hydrogen-bond acceptors (Lipinski definition) is 3. The quantitative estimate of drug-likeness (QED) is 0.668. The standard InChI is InChI=1S/C16H14ClNO4/c1-10-6-7-11(9-14(10)17)13(16(19)20)8-12-4-2-3-5-15(12)18(21)22/h2-7,9,13H,8H2,1H3,(H,19,20). The summed E-state index contributed by atoms with van der Waals surface area (Å²) in [6, 6.07) is 11.2. The number of nitrogens with zero attached hydrogens (tertiary/aromatic N) is 1. The van der Waals surface area contributed by atoms with Crippen LogP contribution >= 0.6 is 11.6 Å². The highest BCUT2D eigenvalue weighted by Crippen LogP contribution is 2.29. The van der Waals surface area contributed by atoms with Gasteiger partial charge in [0.25, 0.3) is 5.69 Å². The second-order valence-corrected chi connectivity index (χ2v) is 5.40. The molecular formula is C16H14ClNO4. The van der Waals surface area contributed by atoms with Gasteiger partial charge in [-0.1, -0.05) is 41.9 Å². The van der Waals surface area contributed by atoms with Crippen LogP contribution in [0.3, 0.4) is 0 Å². The maximum Gasteiger partial charge on any atom is 0.311 e. The van der Waals surface area contributed by atoms with Crippen LogP contribution in [-0.2, 0) is 11.2 Å². The minimum absolute atomic E-state index is 0.0336. The summed E-state index contributed by atoms with van der Waals surface area (Å²) in [4.78, 5) is 22.1. The second-order valence-electron chi connectivity index (χ2n) is 4.99. The zero-order chi connectivity index (χ0) is 16.3. The molecule has 0 aliphatic rings. The van der Waals surface area contributed by atoms with Gasteiger partial charge in [0, 0.05) is 16.7 Å². The number of carboxylic acid groups (broad SMARTS) is 1. The third-order valence-corrected chi connectivity index (χ3v) is 3.92. The molecule has 0 bridgehead atoms. The van der Waals surface area contributed by atoms with Crippen molar-refractivity contribution in [2.45, 2.75) is 19.3 Å². The van der Waals surface area contributed by atoms with E-state index in [1.54, 1.807) is 36.4 Å². The van der Waals surface area contributed by atoms with Crippen molar-refractivity contribution in [1.82, 2.24) is 0 Å². The van der Waals surface area contributed by atoms with Crippen LogP contribution < -0.4 is 0 Å². The lowest BCUT2D eigenvalue weighted by molar-refractivity contribution is -0.385. The number of aliphatic carboxylic acids is 1. The van der Waals surface area contributed by atoms with Gasteiger partial charge in [-0.05, 0) is 30.5 Å². The molecule has 0 fully saturated rings. The van der Waals surface area contributed by atoms with Crippen LogP contribution in [0.2, 0.25) is 5.02 Å². The Morgan fingerprint density at radius 2 is 2.00 bits per heavy atom. The maximum atomic E-state index is 11.6. The lowest BCUT2D eigenvalue weighted by Gasteiger charge is -2.14. The first-order valence-corrected chi connectivity index (χ1v) is 6.99. The zero-order valence-corrected chi connectivity index (χ0v) is 12.6. The SMILES string of the molecule is Cc1ccc(C(Cc2ccccc2[N+](=O)[O-])C(=O)O)cc1Cl. The van der Waals surface area contributed by atoms with E-state index in [0.29, 0.717) is 16.1 Å². The molecule has 0 aliphatic heterocycles. The van der Waals surface area contributed by atoms with Crippen LogP contribution in [0.1, 0.15) is 22.6 Å². The average molecular weight is 320 g/mol. The van der Waals surface area contributed by atoms with Gasteiger partial charge in [-0.2, -0.15) is 0 Å². The lowest BCUT2D eigenvalue weighted by atomic mass is 9.91. The number of nitro benzene ring substituents is 1. The molecule has 0 spiro atoms. The Bertz CT molecular complexity index is 730. The number of carbonyl (C=O) groups is 1. The molecule has 1 N–H and O–H groups in total. The minimum atomic E-state index is -1.04. The van der Waals surface area contributed by atoms with Crippen molar-refractivity contribution in [2.75, 3.05) is 0 Å². The van der Waals surface area contributed by atoms with Gasteiger partial charge in [-0.15, -0.1) is 0 Å². The van der Waals surface area contributed by atoms with E-state index < -0.39 is 16.8 Å². The van der Waals surface area contributed by atoms with E-state index in [4.69, 9.17) is 11.6 Å². The van der Waals surface area contributed by atoms with E-state index in [9.17, 15) is 20.0 Å². The number of rotatable bonds is 5. The highest BCUT2D eigenvalue weighted by molar-refractivity contribution is 6.31. The van der Waals surface area contributed by atoms with E-state index in [-0.39, 0.29) is 12.1 Å². The molecule has 22 heavy (non-hydrogen) atoms. The van der Waals surface area contributed by atoms with Crippen molar-refractivity contribution in [3.05, 3.63) is 74.3 Å². The molecular weight excluding hydrogens is 306 g/mol. The van der Waals surface area contributed by atoms with Crippen LogP contribution in [0.25, 0.3) is 0 Å². The number of para-hydroxylation sites is 1. The van der Waals surface area contributed by atoms with Gasteiger partial charge in [-0.3, -0.25) is 14.9 Å². The van der Waals surface area contributed by atoms with E-state index in [1.807, 2.05) is 6.92 Å². The Labute approximate surface area is 132 Å². The van der Waals surface area contributed by atoms with Crippen molar-refractivity contribution >= 4 is 23.3 Å². The van der Waals surface area contributed by atoms with E-state index in [2.05, 4.69) is 0 Å². The summed E-state index contributed by atoms with van der Waals surface area (Å²) < 4.78 is 0. The first kappa shape index (κ1) is 16.0. The lowest BCUT2D eigenvalue weighted by Crippen LogP contribution is -2.15. The topological polar surface area (TPSA) is 80.4 Å². The Kier molecular flexibility index (Phi) is 4.78. The van der Waals surface area contributed by atoms with Crippen molar-refractivity contribution in [1.29, 1.82) is 0 Å². The molecule has 0 amide bonds. The van der Waals surface area contributed by atoms with Gasteiger partial charge in [0.05, 0.1) is 10.8 Å². The molecule has 2 rings (SSSR count). The van der Waals surface area contributed by atoms with Crippen LogP contribution in [0.15, 0.2) is 42.5 Å². The number of nitro groups is 1. The highest BCUT2D eigenvalue weighted by Gasteiger charge is 2.24. The fourth-order valence-electron chi connectivity index (χ4n) is 2.26. The number of benzene rings is 2. The van der Waals surface area contributed by atoms with Gasteiger partial charge in [0.1, 0.15) is 0 Å². The maximum absolute atomic E-state index is 11.6. The van der Waals surface area contributed by atoms with Crippen LogP contribution in [-0.4, -0.2) is 16.0 Å². The molecule has 2 aromatic rings. The number of hydrogen-bond donors (Lipinski definition) is 1. The molecule has 1 unspecified atom stereocenters. The van der Waals surface area contributed by atoms with E-state index in [0.717, 1.165) is 5.56 Å². The molecule has 0 heterocycles. The number of halogens is 1. The smallest absolute Gasteiger partial charge is 0.311 e. The summed E-state index contributed by atoms with van der Waals surface area (Å²) in [6.45, 7) is 1.82. The van der Waals surface area contributed by atoms with E-state index in [1.165, 1.54) is 6.07 Å². The average Bonchev–Trinajstić information content (AvgIpc) is 2.47. The summed E-state index contributed by atoms with van der Waals surface area (Å²) in [7, 11) is 0. The van der Waals surface area contributed by atoms with Gasteiger partial charge < -0.3 is 5.11 Å². The van der Waals surface area contributed by atoms with Crippen molar-refractivity contribution in [3.63, 3.8) is 0 Å². The molecule has 5 nitrogen and oxygen atoms in total. The fraction of sp³-hybridized carbons (Fsp3) is 0.188. The molecule has 0 saturated heterocycles. The number of carboxylic acids is 1. The summed E-state index contributed by atoms with van der Waals surface area (Å²) in [5, 5.41) is 21.0. The summed E-state index contributed by atoms with van der Waals surface area (Å²) in [6.07, 6.45) is 0.0336. The normalized spacial score (nSPS) is 11.9. The minimum Gasteiger partial charge on any atom is -0.481 e. The molecule has 0 aromatic heterocycles. The molecule has 0 radical (unpaired) electrons. The van der Waals surface area contributed by atoms with Crippen molar-refractivity contribution < 1.29 is 14.8 Å². The third kappa shape index (κ3) is 3.43. The van der Waals surface area contributed by atoms with Crippen molar-refractivity contribution in [3.8, 4) is 0 Å². The van der Waals surface area contributed by atoms with Crippen LogP contribution in [0.4, 0.5) is 5.69 Å². The Morgan fingerprint density at radius 3 is 2.59 bits per heavy atom. The number of aryl methyl sites for hydroxylation is 1. The van der Waals surface area contributed by atoms with Crippen LogP contribution in [0, 0.1) is 17.0 Å². The summed E-state index contributed by atoms with van der Waals surface area (Å²) in [5.41, 5.74) is 1.69. The molecule has 2 aromatic carbocycles. The summed E-state index contributed by atoms with van der Waals surface area (Å²) >= 11 is 6.05.